The summed E-state index contributed by atoms with van der Waals surface area (Å²) in [7, 11) is 2.09. The van der Waals surface area contributed by atoms with Gasteiger partial charge in [0.2, 0.25) is 0 Å². The quantitative estimate of drug-likeness (QED) is 0.788. The normalized spacial score (nSPS) is 30.7. The summed E-state index contributed by atoms with van der Waals surface area (Å²) in [6.07, 6.45) is 10.3. The van der Waals surface area contributed by atoms with Gasteiger partial charge in [0, 0.05) is 6.04 Å². The fraction of sp³-hybridized carbons (Fsp3) is 0.667. The van der Waals surface area contributed by atoms with E-state index in [4.69, 9.17) is 0 Å². The van der Waals surface area contributed by atoms with Gasteiger partial charge in [0.25, 0.3) is 0 Å². The van der Waals surface area contributed by atoms with Crippen LogP contribution in [-0.2, 0) is 0 Å². The third-order valence-electron chi connectivity index (χ3n) is 5.50. The van der Waals surface area contributed by atoms with Gasteiger partial charge in [0.15, 0.2) is 0 Å². The van der Waals surface area contributed by atoms with Crippen LogP contribution >= 0.6 is 0 Å². The van der Waals surface area contributed by atoms with Gasteiger partial charge in [0.05, 0.1) is 0 Å². The molecular weight excluding hydrogens is 230 g/mol. The Morgan fingerprint density at radius 3 is 2.63 bits per heavy atom. The average molecular weight is 257 g/mol. The van der Waals surface area contributed by atoms with Crippen molar-refractivity contribution < 1.29 is 0 Å². The Morgan fingerprint density at radius 2 is 2.00 bits per heavy atom. The molecule has 0 heterocycles. The molecule has 4 unspecified atom stereocenters. The lowest BCUT2D eigenvalue weighted by molar-refractivity contribution is 0.300. The molecule has 1 nitrogen and oxygen atoms in total. The van der Waals surface area contributed by atoms with Gasteiger partial charge in [0.1, 0.15) is 0 Å². The topological polar surface area (TPSA) is 12.0 Å². The van der Waals surface area contributed by atoms with E-state index in [1.165, 1.54) is 37.7 Å². The largest absolute Gasteiger partial charge is 0.313 e. The van der Waals surface area contributed by atoms with E-state index in [9.17, 15) is 0 Å². The molecule has 2 saturated carbocycles. The van der Waals surface area contributed by atoms with Gasteiger partial charge in [-0.2, -0.15) is 0 Å². The van der Waals surface area contributed by atoms with Crippen LogP contribution in [0.2, 0.25) is 0 Å². The molecule has 19 heavy (non-hydrogen) atoms. The second-order valence-electron chi connectivity index (χ2n) is 6.62. The predicted molar refractivity (Wildman–Crippen MR) is 81.0 cm³/mol. The molecule has 1 heteroatoms. The van der Waals surface area contributed by atoms with Crippen molar-refractivity contribution in [3.05, 3.63) is 35.9 Å². The third-order valence-corrected chi connectivity index (χ3v) is 5.50. The van der Waals surface area contributed by atoms with E-state index < -0.39 is 0 Å². The van der Waals surface area contributed by atoms with Crippen molar-refractivity contribution in [1.29, 1.82) is 0 Å². The van der Waals surface area contributed by atoms with Crippen LogP contribution in [0.15, 0.2) is 30.3 Å². The van der Waals surface area contributed by atoms with Gasteiger partial charge in [-0.15, -0.1) is 0 Å². The first kappa shape index (κ1) is 13.2. The maximum atomic E-state index is 3.48. The summed E-state index contributed by atoms with van der Waals surface area (Å²) in [6.45, 7) is 0. The summed E-state index contributed by atoms with van der Waals surface area (Å²) in [5, 5.41) is 3.48. The molecular formula is C18H27N. The van der Waals surface area contributed by atoms with Crippen molar-refractivity contribution in [2.45, 2.75) is 51.0 Å². The summed E-state index contributed by atoms with van der Waals surface area (Å²) in [4.78, 5) is 0. The minimum absolute atomic E-state index is 0.541. The van der Waals surface area contributed by atoms with Gasteiger partial charge in [-0.25, -0.2) is 0 Å². The molecule has 1 N–H and O–H groups in total. The number of rotatable bonds is 6. The van der Waals surface area contributed by atoms with Crippen LogP contribution in [0.4, 0.5) is 0 Å². The van der Waals surface area contributed by atoms with Crippen LogP contribution in [0.1, 0.15) is 56.6 Å². The van der Waals surface area contributed by atoms with E-state index in [2.05, 4.69) is 42.7 Å². The van der Waals surface area contributed by atoms with E-state index >= 15 is 0 Å². The highest BCUT2D eigenvalue weighted by molar-refractivity contribution is 5.18. The van der Waals surface area contributed by atoms with Gasteiger partial charge in [-0.3, -0.25) is 0 Å². The summed E-state index contributed by atoms with van der Waals surface area (Å²) in [5.74, 6) is 3.26. The molecule has 0 aromatic heterocycles. The van der Waals surface area contributed by atoms with Crippen LogP contribution < -0.4 is 5.32 Å². The summed E-state index contributed by atoms with van der Waals surface area (Å²) >= 11 is 0. The van der Waals surface area contributed by atoms with Gasteiger partial charge < -0.3 is 5.32 Å². The first-order chi connectivity index (χ1) is 9.36. The van der Waals surface area contributed by atoms with E-state index in [1.54, 1.807) is 12.8 Å². The highest BCUT2D eigenvalue weighted by Crippen LogP contribution is 2.50. The number of benzene rings is 1. The lowest BCUT2D eigenvalue weighted by Crippen LogP contribution is -2.17. The number of hydrogen-bond acceptors (Lipinski definition) is 1. The van der Waals surface area contributed by atoms with Crippen LogP contribution in [-0.4, -0.2) is 7.05 Å². The van der Waals surface area contributed by atoms with Crippen molar-refractivity contribution in [2.24, 2.45) is 17.8 Å². The average Bonchev–Trinajstić information content (AvgIpc) is 3.07. The molecule has 2 aliphatic rings. The summed E-state index contributed by atoms with van der Waals surface area (Å²) < 4.78 is 0. The zero-order valence-corrected chi connectivity index (χ0v) is 12.1. The number of nitrogens with one attached hydrogen (secondary N) is 1. The number of hydrogen-bond donors (Lipinski definition) is 1. The second kappa shape index (κ2) is 6.09. The molecule has 1 aromatic carbocycles. The van der Waals surface area contributed by atoms with Crippen molar-refractivity contribution in [2.75, 3.05) is 7.05 Å². The van der Waals surface area contributed by atoms with Crippen molar-refractivity contribution in [3.8, 4) is 0 Å². The van der Waals surface area contributed by atoms with E-state index in [0.717, 1.165) is 17.8 Å². The molecule has 0 aliphatic heterocycles. The monoisotopic (exact) mass is 257 g/mol. The smallest absolute Gasteiger partial charge is 0.0317 e. The molecule has 104 valence electrons. The van der Waals surface area contributed by atoms with Crippen LogP contribution in [0.5, 0.6) is 0 Å². The SMILES string of the molecule is CNC(CCCC1CC2CCC1C2)c1ccccc1. The van der Waals surface area contributed by atoms with Crippen molar-refractivity contribution >= 4 is 0 Å². The highest BCUT2D eigenvalue weighted by atomic mass is 14.9. The van der Waals surface area contributed by atoms with Gasteiger partial charge in [-0.1, -0.05) is 49.6 Å². The Kier molecular flexibility index (Phi) is 4.22. The molecule has 0 amide bonds. The molecule has 0 radical (unpaired) electrons. The molecule has 1 aromatic rings. The molecule has 2 fully saturated rings. The molecule has 0 saturated heterocycles. The first-order valence-electron chi connectivity index (χ1n) is 8.09. The molecule has 3 rings (SSSR count). The molecule has 0 spiro atoms. The lowest BCUT2D eigenvalue weighted by atomic mass is 9.84. The zero-order chi connectivity index (χ0) is 13.1. The zero-order valence-electron chi connectivity index (χ0n) is 12.1. The van der Waals surface area contributed by atoms with Crippen LogP contribution in [0.3, 0.4) is 0 Å². The third kappa shape index (κ3) is 3.02. The standard InChI is InChI=1S/C18H27N/c1-19-18(15-6-3-2-4-7-15)9-5-8-16-12-14-10-11-17(16)13-14/h2-4,6-7,14,16-19H,5,8-13H2,1H3. The van der Waals surface area contributed by atoms with E-state index in [0.29, 0.717) is 6.04 Å². The summed E-state index contributed by atoms with van der Waals surface area (Å²) in [5.41, 5.74) is 1.44. The lowest BCUT2D eigenvalue weighted by Gasteiger charge is -2.23. The van der Waals surface area contributed by atoms with E-state index in [-0.39, 0.29) is 0 Å². The Hall–Kier alpha value is -0.820. The van der Waals surface area contributed by atoms with Crippen molar-refractivity contribution in [1.82, 2.24) is 5.32 Å². The first-order valence-corrected chi connectivity index (χ1v) is 8.09. The predicted octanol–water partition coefficient (Wildman–Crippen LogP) is 4.55. The minimum Gasteiger partial charge on any atom is -0.313 e. The van der Waals surface area contributed by atoms with Crippen LogP contribution in [0, 0.1) is 17.8 Å². The highest BCUT2D eigenvalue weighted by Gasteiger charge is 2.38. The molecule has 4 atom stereocenters. The van der Waals surface area contributed by atoms with Gasteiger partial charge in [-0.05, 0) is 56.0 Å². The Labute approximate surface area is 117 Å². The maximum Gasteiger partial charge on any atom is 0.0317 e. The van der Waals surface area contributed by atoms with Crippen LogP contribution in [0.25, 0.3) is 0 Å². The fourth-order valence-electron chi connectivity index (χ4n) is 4.48. The Morgan fingerprint density at radius 1 is 1.16 bits per heavy atom. The van der Waals surface area contributed by atoms with Crippen molar-refractivity contribution in [3.63, 3.8) is 0 Å². The Bertz CT molecular complexity index is 386. The fourth-order valence-corrected chi connectivity index (χ4v) is 4.48. The minimum atomic E-state index is 0.541. The molecule has 2 aliphatic carbocycles. The Balaban J connectivity index is 1.46. The molecule has 2 bridgehead atoms. The summed E-state index contributed by atoms with van der Waals surface area (Å²) in [6, 6.07) is 11.4. The maximum absolute atomic E-state index is 3.48. The van der Waals surface area contributed by atoms with Gasteiger partial charge >= 0.3 is 0 Å². The second-order valence-corrected chi connectivity index (χ2v) is 6.62. The van der Waals surface area contributed by atoms with E-state index in [1.807, 2.05) is 0 Å². The number of fused-ring (bicyclic) bond motifs is 2.